The second-order valence-electron chi connectivity index (χ2n) is 6.00. The lowest BCUT2D eigenvalue weighted by Gasteiger charge is -2.23. The van der Waals surface area contributed by atoms with E-state index in [0.29, 0.717) is 27.4 Å². The summed E-state index contributed by atoms with van der Waals surface area (Å²) in [4.78, 5) is 0. The van der Waals surface area contributed by atoms with Gasteiger partial charge >= 0.3 is 0 Å². The minimum atomic E-state index is 0. The number of azo groups is 1. The van der Waals surface area contributed by atoms with E-state index in [2.05, 4.69) is 37.4 Å². The van der Waals surface area contributed by atoms with Gasteiger partial charge in [0.25, 0.3) is 0 Å². The van der Waals surface area contributed by atoms with Crippen molar-refractivity contribution >= 4 is 22.7 Å². The zero-order valence-electron chi connectivity index (χ0n) is 14.6. The summed E-state index contributed by atoms with van der Waals surface area (Å²) in [5, 5.41) is 8.58. The first-order valence-corrected chi connectivity index (χ1v) is 7.20. The van der Waals surface area contributed by atoms with Crippen molar-refractivity contribution in [2.75, 3.05) is 41.1 Å². The molecule has 2 rings (SSSR count). The van der Waals surface area contributed by atoms with Gasteiger partial charge in [-0.1, -0.05) is 6.07 Å². The number of nitrogens with two attached hydrogens (primary N) is 1. The fourth-order valence-electron chi connectivity index (χ4n) is 2.07. The minimum Gasteiger partial charge on any atom is -1.00 e. The van der Waals surface area contributed by atoms with Crippen LogP contribution in [0.15, 0.2) is 46.6 Å². The van der Waals surface area contributed by atoms with Gasteiger partial charge in [0, 0.05) is 18.2 Å². The Balaban J connectivity index is 0.00000288. The van der Waals surface area contributed by atoms with Crippen LogP contribution < -0.4 is 32.1 Å². The summed E-state index contributed by atoms with van der Waals surface area (Å²) in [7, 11) is 9.43. The molecule has 0 saturated heterocycles. The van der Waals surface area contributed by atoms with Gasteiger partial charge in [-0.15, -0.1) is 5.11 Å². The minimum absolute atomic E-state index is 0. The molecule has 0 bridgehead atoms. The van der Waals surface area contributed by atoms with Gasteiger partial charge in [0.2, 0.25) is 0 Å². The normalized spacial score (nSPS) is 11.2. The molecule has 2 N–H and O–H groups in total. The average molecular weight is 351 g/mol. The van der Waals surface area contributed by atoms with Gasteiger partial charge in [-0.25, -0.2) is 0 Å². The lowest BCUT2D eigenvalue weighted by atomic mass is 10.2. The van der Waals surface area contributed by atoms with E-state index in [1.54, 1.807) is 26.4 Å². The Labute approximate surface area is 148 Å². The zero-order valence-corrected chi connectivity index (χ0v) is 15.3. The Morgan fingerprint density at radius 2 is 1.58 bits per heavy atom. The quantitative estimate of drug-likeness (QED) is 0.495. The van der Waals surface area contributed by atoms with Gasteiger partial charge in [0.15, 0.2) is 0 Å². The van der Waals surface area contributed by atoms with Gasteiger partial charge in [-0.05, 0) is 12.1 Å². The Kier molecular flexibility index (Phi) is 6.57. The summed E-state index contributed by atoms with van der Waals surface area (Å²) in [6, 6.07) is 11.3. The van der Waals surface area contributed by atoms with Crippen molar-refractivity contribution < 1.29 is 21.9 Å². The maximum Gasteiger partial charge on any atom is 0.148 e. The molecule has 0 aliphatic carbocycles. The molecule has 0 radical (unpaired) electrons. The molecule has 0 amide bonds. The van der Waals surface area contributed by atoms with Gasteiger partial charge in [0.05, 0.1) is 46.7 Å². The maximum atomic E-state index is 5.87. The lowest BCUT2D eigenvalue weighted by Crippen LogP contribution is -3.00. The van der Waals surface area contributed by atoms with E-state index in [0.717, 1.165) is 11.4 Å². The standard InChI is InChI=1S/C17H23N4O2.ClH/c1-21(2,3)13-8-6-7-12(9-13)19-20-15-11-16(22-4)14(18)10-17(15)23-5;/h6-11H,18H2,1-5H3;1H/q+1;/p-1. The van der Waals surface area contributed by atoms with Crippen LogP contribution >= 0.6 is 0 Å². The van der Waals surface area contributed by atoms with Crippen LogP contribution in [0.3, 0.4) is 0 Å². The molecule has 6 nitrogen and oxygen atoms in total. The Hall–Kier alpha value is -2.31. The van der Waals surface area contributed by atoms with Crippen molar-refractivity contribution in [1.29, 1.82) is 0 Å². The molecule has 0 aliphatic heterocycles. The summed E-state index contributed by atoms with van der Waals surface area (Å²) in [5.41, 5.74) is 8.85. The summed E-state index contributed by atoms with van der Waals surface area (Å²) in [6.07, 6.45) is 0. The van der Waals surface area contributed by atoms with Crippen LogP contribution in [-0.4, -0.2) is 35.4 Å². The highest BCUT2D eigenvalue weighted by molar-refractivity contribution is 5.67. The van der Waals surface area contributed by atoms with E-state index in [4.69, 9.17) is 15.2 Å². The van der Waals surface area contributed by atoms with Crippen LogP contribution in [0.2, 0.25) is 0 Å². The second-order valence-corrected chi connectivity index (χ2v) is 6.00. The number of hydrogen-bond donors (Lipinski definition) is 1. The van der Waals surface area contributed by atoms with E-state index in [1.807, 2.05) is 18.2 Å². The topological polar surface area (TPSA) is 69.2 Å². The van der Waals surface area contributed by atoms with Crippen molar-refractivity contribution in [3.8, 4) is 11.5 Å². The number of ether oxygens (including phenoxy) is 2. The smallest absolute Gasteiger partial charge is 0.148 e. The zero-order chi connectivity index (χ0) is 17.0. The van der Waals surface area contributed by atoms with Gasteiger partial charge < -0.3 is 27.6 Å². The number of rotatable bonds is 5. The second kappa shape index (κ2) is 7.99. The monoisotopic (exact) mass is 350 g/mol. The number of methoxy groups -OCH3 is 2. The van der Waals surface area contributed by atoms with Gasteiger partial charge in [-0.3, -0.25) is 4.48 Å². The van der Waals surface area contributed by atoms with Crippen LogP contribution in [0, 0.1) is 0 Å². The first-order valence-electron chi connectivity index (χ1n) is 7.20. The molecule has 0 atom stereocenters. The van der Waals surface area contributed by atoms with Crippen molar-refractivity contribution in [3.05, 3.63) is 36.4 Å². The molecule has 2 aromatic carbocycles. The summed E-state index contributed by atoms with van der Waals surface area (Å²) in [6.45, 7) is 0. The number of halogens is 1. The average Bonchev–Trinajstić information content (AvgIpc) is 2.52. The summed E-state index contributed by atoms with van der Waals surface area (Å²) < 4.78 is 11.2. The number of anilines is 1. The van der Waals surface area contributed by atoms with Crippen LogP contribution in [0.5, 0.6) is 11.5 Å². The number of nitrogen functional groups attached to an aromatic ring is 1. The lowest BCUT2D eigenvalue weighted by molar-refractivity contribution is -0.00000564. The van der Waals surface area contributed by atoms with Crippen LogP contribution in [0.4, 0.5) is 22.7 Å². The van der Waals surface area contributed by atoms with Crippen molar-refractivity contribution in [2.45, 2.75) is 0 Å². The van der Waals surface area contributed by atoms with Crippen molar-refractivity contribution in [1.82, 2.24) is 4.48 Å². The highest BCUT2D eigenvalue weighted by Gasteiger charge is 2.12. The summed E-state index contributed by atoms with van der Waals surface area (Å²) in [5.74, 6) is 1.09. The fourth-order valence-corrected chi connectivity index (χ4v) is 2.07. The Morgan fingerprint density at radius 1 is 0.917 bits per heavy atom. The predicted octanol–water partition coefficient (Wildman–Crippen LogP) is 0.902. The van der Waals surface area contributed by atoms with Gasteiger partial charge in [-0.2, -0.15) is 5.11 Å². The fraction of sp³-hybridized carbons (Fsp3) is 0.294. The van der Waals surface area contributed by atoms with Crippen LogP contribution in [0.25, 0.3) is 0 Å². The molecule has 7 heteroatoms. The van der Waals surface area contributed by atoms with Crippen LogP contribution in [0.1, 0.15) is 0 Å². The van der Waals surface area contributed by atoms with E-state index in [9.17, 15) is 0 Å². The third kappa shape index (κ3) is 4.59. The van der Waals surface area contributed by atoms with E-state index in [1.165, 1.54) is 0 Å². The Morgan fingerprint density at radius 3 is 2.17 bits per heavy atom. The molecule has 0 aromatic heterocycles. The molecule has 0 unspecified atom stereocenters. The first kappa shape index (κ1) is 19.7. The predicted molar refractivity (Wildman–Crippen MR) is 94.1 cm³/mol. The van der Waals surface area contributed by atoms with E-state index in [-0.39, 0.29) is 12.4 Å². The van der Waals surface area contributed by atoms with E-state index < -0.39 is 0 Å². The van der Waals surface area contributed by atoms with Crippen molar-refractivity contribution in [3.63, 3.8) is 0 Å². The number of nitrogens with zero attached hydrogens (tertiary/aromatic N) is 3. The van der Waals surface area contributed by atoms with Crippen molar-refractivity contribution in [2.24, 2.45) is 10.2 Å². The molecule has 0 fully saturated rings. The highest BCUT2D eigenvalue weighted by Crippen LogP contribution is 2.37. The van der Waals surface area contributed by atoms with E-state index >= 15 is 0 Å². The highest BCUT2D eigenvalue weighted by atomic mass is 35.5. The molecule has 130 valence electrons. The third-order valence-electron chi connectivity index (χ3n) is 3.41. The molecular weight excluding hydrogens is 328 g/mol. The number of hydrogen-bond acceptors (Lipinski definition) is 5. The number of benzene rings is 2. The number of quaternary nitrogens is 1. The molecular formula is C17H23ClN4O2. The summed E-state index contributed by atoms with van der Waals surface area (Å²) >= 11 is 0. The first-order chi connectivity index (χ1) is 10.8. The van der Waals surface area contributed by atoms with Crippen LogP contribution in [-0.2, 0) is 0 Å². The molecule has 0 heterocycles. The third-order valence-corrected chi connectivity index (χ3v) is 3.41. The molecule has 0 aliphatic rings. The Bertz CT molecular complexity index is 727. The largest absolute Gasteiger partial charge is 1.00 e. The molecule has 24 heavy (non-hydrogen) atoms. The maximum absolute atomic E-state index is 5.87. The molecule has 0 spiro atoms. The molecule has 0 saturated carbocycles. The SMILES string of the molecule is COc1cc(N=Nc2cccc([N+](C)(C)C)c2)c(OC)cc1N.[Cl-]. The van der Waals surface area contributed by atoms with Gasteiger partial charge in [0.1, 0.15) is 22.9 Å². The molecule has 2 aromatic rings.